The fourth-order valence-corrected chi connectivity index (χ4v) is 3.45. The van der Waals surface area contributed by atoms with Gasteiger partial charge >= 0.3 is 0 Å². The van der Waals surface area contributed by atoms with Gasteiger partial charge in [-0.25, -0.2) is 0 Å². The zero-order valence-electron chi connectivity index (χ0n) is 11.6. The summed E-state index contributed by atoms with van der Waals surface area (Å²) in [6, 6.07) is 3.29. The van der Waals surface area contributed by atoms with Gasteiger partial charge in [-0.1, -0.05) is 23.2 Å². The molecule has 3 rings (SSSR count). The first-order valence-corrected chi connectivity index (χ1v) is 7.62. The summed E-state index contributed by atoms with van der Waals surface area (Å²) < 4.78 is 0. The lowest BCUT2D eigenvalue weighted by Crippen LogP contribution is -2.44. The first-order valence-electron chi connectivity index (χ1n) is 6.87. The Bertz CT molecular complexity index is 667. The number of hydrogen-bond donors (Lipinski definition) is 3. The zero-order chi connectivity index (χ0) is 16.1. The van der Waals surface area contributed by atoms with E-state index in [1.165, 1.54) is 4.90 Å². The highest BCUT2D eigenvalue weighted by Gasteiger charge is 2.52. The third-order valence-electron chi connectivity index (χ3n) is 4.35. The molecule has 8 heteroatoms. The van der Waals surface area contributed by atoms with E-state index in [0.29, 0.717) is 28.7 Å². The van der Waals surface area contributed by atoms with E-state index < -0.39 is 17.4 Å². The van der Waals surface area contributed by atoms with Gasteiger partial charge in [0.05, 0.1) is 15.5 Å². The molecule has 1 fully saturated rings. The molecule has 0 aromatic heterocycles. The number of hydrogen-bond acceptors (Lipinski definition) is 4. The Morgan fingerprint density at radius 2 is 2.14 bits per heavy atom. The second kappa shape index (κ2) is 5.38. The number of anilines is 1. The van der Waals surface area contributed by atoms with E-state index in [2.05, 4.69) is 5.32 Å². The van der Waals surface area contributed by atoms with Gasteiger partial charge in [-0.2, -0.15) is 0 Å². The summed E-state index contributed by atoms with van der Waals surface area (Å²) in [5.41, 5.74) is 5.84. The maximum absolute atomic E-state index is 12.5. The Balaban J connectivity index is 1.95. The molecule has 0 unspecified atom stereocenters. The van der Waals surface area contributed by atoms with Crippen molar-refractivity contribution in [2.24, 2.45) is 5.73 Å². The number of aliphatic hydroxyl groups excluding tert-OH is 1. The van der Waals surface area contributed by atoms with Gasteiger partial charge in [0.15, 0.2) is 0 Å². The van der Waals surface area contributed by atoms with Crippen molar-refractivity contribution in [1.82, 2.24) is 4.90 Å². The average molecular weight is 344 g/mol. The van der Waals surface area contributed by atoms with Crippen LogP contribution in [0.4, 0.5) is 5.69 Å². The lowest BCUT2D eigenvalue weighted by molar-refractivity contribution is -0.138. The highest BCUT2D eigenvalue weighted by molar-refractivity contribution is 6.42. The molecule has 2 heterocycles. The SMILES string of the molecule is NC[C@@H](O)C(=O)N1CC[C@]2(C1)C(=O)Nc1cc(Cl)c(Cl)cc12. The van der Waals surface area contributed by atoms with Gasteiger partial charge in [0.2, 0.25) is 5.91 Å². The number of nitrogens with two attached hydrogens (primary N) is 1. The number of carbonyl (C=O) groups is 2. The molecule has 1 aromatic rings. The second-order valence-corrected chi connectivity index (χ2v) is 6.42. The highest BCUT2D eigenvalue weighted by atomic mass is 35.5. The van der Waals surface area contributed by atoms with Gasteiger partial charge in [0.25, 0.3) is 5.91 Å². The summed E-state index contributed by atoms with van der Waals surface area (Å²) in [7, 11) is 0. The predicted octanol–water partition coefficient (Wildman–Crippen LogP) is 0.735. The van der Waals surface area contributed by atoms with Crippen molar-refractivity contribution in [1.29, 1.82) is 0 Å². The lowest BCUT2D eigenvalue weighted by atomic mass is 9.81. The van der Waals surface area contributed by atoms with Crippen LogP contribution in [-0.4, -0.2) is 47.6 Å². The number of fused-ring (bicyclic) bond motifs is 2. The van der Waals surface area contributed by atoms with Gasteiger partial charge in [0.1, 0.15) is 6.10 Å². The first kappa shape index (κ1) is 15.6. The molecular weight excluding hydrogens is 329 g/mol. The molecule has 22 heavy (non-hydrogen) atoms. The number of nitrogens with one attached hydrogen (secondary N) is 1. The first-order chi connectivity index (χ1) is 10.4. The molecule has 1 saturated heterocycles. The van der Waals surface area contributed by atoms with Crippen molar-refractivity contribution in [2.45, 2.75) is 17.9 Å². The number of carbonyl (C=O) groups excluding carboxylic acids is 2. The molecule has 0 bridgehead atoms. The summed E-state index contributed by atoms with van der Waals surface area (Å²) >= 11 is 12.0. The maximum atomic E-state index is 12.5. The number of rotatable bonds is 2. The normalized spacial score (nSPS) is 24.5. The molecule has 0 saturated carbocycles. The van der Waals surface area contributed by atoms with Crippen LogP contribution in [0.3, 0.4) is 0 Å². The molecule has 118 valence electrons. The molecule has 2 amide bonds. The lowest BCUT2D eigenvalue weighted by Gasteiger charge is -2.24. The minimum atomic E-state index is -1.24. The number of aliphatic hydroxyl groups is 1. The molecule has 4 N–H and O–H groups in total. The number of benzene rings is 1. The van der Waals surface area contributed by atoms with Crippen molar-refractivity contribution >= 4 is 40.7 Å². The molecular formula is C14H15Cl2N3O3. The molecule has 1 aromatic carbocycles. The minimum Gasteiger partial charge on any atom is -0.382 e. The molecule has 2 aliphatic rings. The number of likely N-dealkylation sites (tertiary alicyclic amines) is 1. The Hall–Kier alpha value is -1.34. The van der Waals surface area contributed by atoms with E-state index in [4.69, 9.17) is 28.9 Å². The second-order valence-electron chi connectivity index (χ2n) is 5.61. The van der Waals surface area contributed by atoms with Crippen LogP contribution in [0, 0.1) is 0 Å². The van der Waals surface area contributed by atoms with Gasteiger partial charge in [-0.15, -0.1) is 0 Å². The highest BCUT2D eigenvalue weighted by Crippen LogP contribution is 2.46. The zero-order valence-corrected chi connectivity index (χ0v) is 13.1. The van der Waals surface area contributed by atoms with Crippen LogP contribution in [0.5, 0.6) is 0 Å². The molecule has 2 atom stereocenters. The fourth-order valence-electron chi connectivity index (χ4n) is 3.13. The van der Waals surface area contributed by atoms with E-state index in [0.717, 1.165) is 5.56 Å². The third-order valence-corrected chi connectivity index (χ3v) is 5.07. The smallest absolute Gasteiger partial charge is 0.252 e. The largest absolute Gasteiger partial charge is 0.382 e. The topological polar surface area (TPSA) is 95.7 Å². The number of halogens is 2. The summed E-state index contributed by atoms with van der Waals surface area (Å²) in [5, 5.41) is 13.1. The standard InChI is InChI=1S/C14H15Cl2N3O3/c15-8-3-7-10(4-9(8)16)18-13(22)14(7)1-2-19(6-14)12(21)11(20)5-17/h3-4,11,20H,1-2,5-6,17H2,(H,18,22)/t11-,14-/m1/s1. The van der Waals surface area contributed by atoms with E-state index in [1.807, 2.05) is 0 Å². The Morgan fingerprint density at radius 3 is 2.82 bits per heavy atom. The van der Waals surface area contributed by atoms with Crippen LogP contribution in [0.25, 0.3) is 0 Å². The van der Waals surface area contributed by atoms with E-state index >= 15 is 0 Å². The minimum absolute atomic E-state index is 0.146. The summed E-state index contributed by atoms with van der Waals surface area (Å²) in [5.74, 6) is -0.640. The summed E-state index contributed by atoms with van der Waals surface area (Å²) in [6.45, 7) is 0.426. The van der Waals surface area contributed by atoms with Crippen LogP contribution < -0.4 is 11.1 Å². The van der Waals surface area contributed by atoms with E-state index in [-0.39, 0.29) is 19.0 Å². The van der Waals surface area contributed by atoms with Crippen molar-refractivity contribution in [3.63, 3.8) is 0 Å². The maximum Gasteiger partial charge on any atom is 0.252 e. The van der Waals surface area contributed by atoms with E-state index in [9.17, 15) is 14.7 Å². The van der Waals surface area contributed by atoms with Crippen LogP contribution in [0.15, 0.2) is 12.1 Å². The molecule has 6 nitrogen and oxygen atoms in total. The molecule has 2 aliphatic heterocycles. The van der Waals surface area contributed by atoms with E-state index in [1.54, 1.807) is 12.1 Å². The molecule has 1 spiro atoms. The van der Waals surface area contributed by atoms with Crippen LogP contribution in [-0.2, 0) is 15.0 Å². The van der Waals surface area contributed by atoms with Gasteiger partial charge in [-0.3, -0.25) is 9.59 Å². The van der Waals surface area contributed by atoms with Crippen molar-refractivity contribution in [3.8, 4) is 0 Å². The van der Waals surface area contributed by atoms with Crippen molar-refractivity contribution < 1.29 is 14.7 Å². The number of amides is 2. The average Bonchev–Trinajstić information content (AvgIpc) is 3.04. The Morgan fingerprint density at radius 1 is 1.45 bits per heavy atom. The van der Waals surface area contributed by atoms with Crippen molar-refractivity contribution in [2.75, 3.05) is 25.0 Å². The Kier molecular flexibility index (Phi) is 3.81. The fraction of sp³-hybridized carbons (Fsp3) is 0.429. The van der Waals surface area contributed by atoms with Gasteiger partial charge < -0.3 is 21.1 Å². The van der Waals surface area contributed by atoms with Gasteiger partial charge in [0, 0.05) is 25.3 Å². The summed E-state index contributed by atoms with van der Waals surface area (Å²) in [4.78, 5) is 26.0. The monoisotopic (exact) mass is 343 g/mol. The Labute approximate surface area is 137 Å². The number of nitrogens with zero attached hydrogens (tertiary/aromatic N) is 1. The van der Waals surface area contributed by atoms with Crippen LogP contribution in [0.1, 0.15) is 12.0 Å². The quantitative estimate of drug-likeness (QED) is 0.737. The molecule has 0 radical (unpaired) electrons. The predicted molar refractivity (Wildman–Crippen MR) is 83.0 cm³/mol. The summed E-state index contributed by atoms with van der Waals surface area (Å²) in [6.07, 6.45) is -0.778. The third kappa shape index (κ3) is 2.18. The van der Waals surface area contributed by atoms with Crippen molar-refractivity contribution in [3.05, 3.63) is 27.7 Å². The van der Waals surface area contributed by atoms with Crippen LogP contribution in [0.2, 0.25) is 10.0 Å². The van der Waals surface area contributed by atoms with Gasteiger partial charge in [-0.05, 0) is 24.1 Å². The van der Waals surface area contributed by atoms with Crippen LogP contribution >= 0.6 is 23.2 Å². The molecule has 0 aliphatic carbocycles.